The van der Waals surface area contributed by atoms with E-state index < -0.39 is 0 Å². The first kappa shape index (κ1) is 11.9. The Morgan fingerprint density at radius 1 is 1.37 bits per heavy atom. The molecule has 2 aromatic rings. The number of rotatable bonds is 2. The van der Waals surface area contributed by atoms with Gasteiger partial charge >= 0.3 is 0 Å². The SMILES string of the molecule is Cc1cccc(Nc2nc3c(c(=O)[nH]2)CNCC3)c1. The molecule has 0 saturated heterocycles. The second kappa shape index (κ2) is 4.85. The molecule has 1 aromatic carbocycles. The summed E-state index contributed by atoms with van der Waals surface area (Å²) in [6, 6.07) is 7.97. The molecule has 1 aliphatic rings. The summed E-state index contributed by atoms with van der Waals surface area (Å²) >= 11 is 0. The van der Waals surface area contributed by atoms with Crippen LogP contribution in [0.25, 0.3) is 0 Å². The molecule has 5 nitrogen and oxygen atoms in total. The van der Waals surface area contributed by atoms with E-state index in [-0.39, 0.29) is 5.56 Å². The number of nitrogens with zero attached hydrogens (tertiary/aromatic N) is 1. The molecule has 0 saturated carbocycles. The summed E-state index contributed by atoms with van der Waals surface area (Å²) in [6.45, 7) is 3.50. The van der Waals surface area contributed by atoms with Gasteiger partial charge in [0, 0.05) is 25.2 Å². The molecule has 0 spiro atoms. The minimum atomic E-state index is -0.0626. The predicted octanol–water partition coefficient (Wildman–Crippen LogP) is 1.47. The Morgan fingerprint density at radius 3 is 3.11 bits per heavy atom. The number of fused-ring (bicyclic) bond motifs is 1. The molecule has 98 valence electrons. The van der Waals surface area contributed by atoms with Crippen LogP contribution in [0.5, 0.6) is 0 Å². The van der Waals surface area contributed by atoms with Crippen molar-refractivity contribution in [2.75, 3.05) is 11.9 Å². The van der Waals surface area contributed by atoms with E-state index in [1.54, 1.807) is 0 Å². The Hall–Kier alpha value is -2.14. The van der Waals surface area contributed by atoms with Crippen molar-refractivity contribution in [1.29, 1.82) is 0 Å². The van der Waals surface area contributed by atoms with Gasteiger partial charge in [-0.2, -0.15) is 0 Å². The fourth-order valence-electron chi connectivity index (χ4n) is 2.27. The van der Waals surface area contributed by atoms with Crippen molar-refractivity contribution < 1.29 is 0 Å². The Balaban J connectivity index is 1.94. The van der Waals surface area contributed by atoms with Crippen molar-refractivity contribution in [3.05, 3.63) is 51.4 Å². The second-order valence-electron chi connectivity index (χ2n) is 4.76. The van der Waals surface area contributed by atoms with Crippen LogP contribution in [0.3, 0.4) is 0 Å². The molecule has 5 heteroatoms. The smallest absolute Gasteiger partial charge is 0.257 e. The lowest BCUT2D eigenvalue weighted by atomic mass is 10.1. The number of hydrogen-bond acceptors (Lipinski definition) is 4. The first-order valence-corrected chi connectivity index (χ1v) is 6.39. The summed E-state index contributed by atoms with van der Waals surface area (Å²) in [4.78, 5) is 19.2. The van der Waals surface area contributed by atoms with Crippen molar-refractivity contribution >= 4 is 11.6 Å². The van der Waals surface area contributed by atoms with Gasteiger partial charge in [0.1, 0.15) is 0 Å². The van der Waals surface area contributed by atoms with Crippen LogP contribution < -0.4 is 16.2 Å². The van der Waals surface area contributed by atoms with E-state index in [0.717, 1.165) is 35.5 Å². The zero-order valence-corrected chi connectivity index (χ0v) is 10.8. The molecule has 0 fully saturated rings. The summed E-state index contributed by atoms with van der Waals surface area (Å²) in [5, 5.41) is 6.33. The lowest BCUT2D eigenvalue weighted by Crippen LogP contribution is -2.31. The first-order valence-electron chi connectivity index (χ1n) is 6.39. The number of aryl methyl sites for hydroxylation is 1. The molecule has 2 heterocycles. The van der Waals surface area contributed by atoms with Gasteiger partial charge in [-0.3, -0.25) is 9.78 Å². The van der Waals surface area contributed by atoms with Gasteiger partial charge in [0.25, 0.3) is 5.56 Å². The molecular weight excluding hydrogens is 240 g/mol. The number of hydrogen-bond donors (Lipinski definition) is 3. The highest BCUT2D eigenvalue weighted by Gasteiger charge is 2.14. The minimum absolute atomic E-state index is 0.0626. The minimum Gasteiger partial charge on any atom is -0.326 e. The standard InChI is InChI=1S/C14H16N4O/c1-9-3-2-4-10(7-9)16-14-17-12-5-6-15-8-11(12)13(19)18-14/h2-4,7,15H,5-6,8H2,1H3,(H2,16,17,18,19). The van der Waals surface area contributed by atoms with Gasteiger partial charge in [0.05, 0.1) is 11.3 Å². The van der Waals surface area contributed by atoms with Crippen LogP contribution >= 0.6 is 0 Å². The van der Waals surface area contributed by atoms with Crippen molar-refractivity contribution in [2.24, 2.45) is 0 Å². The number of H-pyrrole nitrogens is 1. The highest BCUT2D eigenvalue weighted by Crippen LogP contribution is 2.15. The van der Waals surface area contributed by atoms with E-state index in [1.807, 2.05) is 31.2 Å². The van der Waals surface area contributed by atoms with Crippen LogP contribution in [0.1, 0.15) is 16.8 Å². The van der Waals surface area contributed by atoms with Crippen molar-refractivity contribution in [3.63, 3.8) is 0 Å². The molecule has 1 aliphatic heterocycles. The largest absolute Gasteiger partial charge is 0.326 e. The van der Waals surface area contributed by atoms with Crippen LogP contribution in [0, 0.1) is 6.92 Å². The molecular formula is C14H16N4O. The average molecular weight is 256 g/mol. The van der Waals surface area contributed by atoms with Crippen LogP contribution in [0.4, 0.5) is 11.6 Å². The molecule has 0 aliphatic carbocycles. The molecule has 0 amide bonds. The Morgan fingerprint density at radius 2 is 2.26 bits per heavy atom. The highest BCUT2D eigenvalue weighted by molar-refractivity contribution is 5.54. The third kappa shape index (κ3) is 2.51. The van der Waals surface area contributed by atoms with Crippen LogP contribution in [0.2, 0.25) is 0 Å². The third-order valence-corrected chi connectivity index (χ3v) is 3.22. The van der Waals surface area contributed by atoms with E-state index in [2.05, 4.69) is 20.6 Å². The summed E-state index contributed by atoms with van der Waals surface area (Å²) in [5.74, 6) is 0.510. The summed E-state index contributed by atoms with van der Waals surface area (Å²) in [5.41, 5.74) is 3.66. The van der Waals surface area contributed by atoms with Crippen molar-refractivity contribution in [3.8, 4) is 0 Å². The van der Waals surface area contributed by atoms with Gasteiger partial charge in [-0.25, -0.2) is 4.98 Å². The molecule has 0 unspecified atom stereocenters. The Labute approximate surface area is 111 Å². The molecule has 0 radical (unpaired) electrons. The molecule has 3 N–H and O–H groups in total. The fraction of sp³-hybridized carbons (Fsp3) is 0.286. The molecule has 0 atom stereocenters. The predicted molar refractivity (Wildman–Crippen MR) is 74.7 cm³/mol. The van der Waals surface area contributed by atoms with E-state index in [1.165, 1.54) is 0 Å². The van der Waals surface area contributed by atoms with Gasteiger partial charge in [-0.15, -0.1) is 0 Å². The molecule has 1 aromatic heterocycles. The third-order valence-electron chi connectivity index (χ3n) is 3.22. The monoisotopic (exact) mass is 256 g/mol. The summed E-state index contributed by atoms with van der Waals surface area (Å²) < 4.78 is 0. The normalized spacial score (nSPS) is 13.9. The average Bonchev–Trinajstić information content (AvgIpc) is 2.39. The first-order chi connectivity index (χ1) is 9.22. The highest BCUT2D eigenvalue weighted by atomic mass is 16.1. The number of aromatic amines is 1. The zero-order chi connectivity index (χ0) is 13.2. The Bertz CT molecular complexity index is 663. The van der Waals surface area contributed by atoms with E-state index >= 15 is 0 Å². The van der Waals surface area contributed by atoms with Crippen LogP contribution in [-0.4, -0.2) is 16.5 Å². The van der Waals surface area contributed by atoms with E-state index in [4.69, 9.17) is 0 Å². The zero-order valence-electron chi connectivity index (χ0n) is 10.8. The van der Waals surface area contributed by atoms with Crippen molar-refractivity contribution in [1.82, 2.24) is 15.3 Å². The lowest BCUT2D eigenvalue weighted by Gasteiger charge is -2.16. The maximum atomic E-state index is 12.0. The molecule has 3 rings (SSSR count). The summed E-state index contributed by atoms with van der Waals surface area (Å²) in [7, 11) is 0. The second-order valence-corrected chi connectivity index (χ2v) is 4.76. The lowest BCUT2D eigenvalue weighted by molar-refractivity contribution is 0.621. The van der Waals surface area contributed by atoms with Gasteiger partial charge in [0.15, 0.2) is 0 Å². The quantitative estimate of drug-likeness (QED) is 0.761. The van der Waals surface area contributed by atoms with E-state index in [9.17, 15) is 4.79 Å². The van der Waals surface area contributed by atoms with Gasteiger partial charge < -0.3 is 10.6 Å². The summed E-state index contributed by atoms with van der Waals surface area (Å²) in [6.07, 6.45) is 0.793. The topological polar surface area (TPSA) is 69.8 Å². The number of aromatic nitrogens is 2. The maximum Gasteiger partial charge on any atom is 0.257 e. The molecule has 19 heavy (non-hydrogen) atoms. The Kier molecular flexibility index (Phi) is 3.05. The van der Waals surface area contributed by atoms with Gasteiger partial charge in [0.2, 0.25) is 5.95 Å². The van der Waals surface area contributed by atoms with Gasteiger partial charge in [-0.1, -0.05) is 12.1 Å². The molecule has 0 bridgehead atoms. The van der Waals surface area contributed by atoms with Gasteiger partial charge in [-0.05, 0) is 24.6 Å². The van der Waals surface area contributed by atoms with Crippen LogP contribution in [-0.2, 0) is 13.0 Å². The fourth-order valence-corrected chi connectivity index (χ4v) is 2.27. The van der Waals surface area contributed by atoms with Crippen LogP contribution in [0.15, 0.2) is 29.1 Å². The number of nitrogens with one attached hydrogen (secondary N) is 3. The number of benzene rings is 1. The van der Waals surface area contributed by atoms with Crippen molar-refractivity contribution in [2.45, 2.75) is 19.9 Å². The number of anilines is 2. The van der Waals surface area contributed by atoms with E-state index in [0.29, 0.717) is 12.5 Å². The maximum absolute atomic E-state index is 12.0.